The van der Waals surface area contributed by atoms with Crippen LogP contribution in [0.2, 0.25) is 0 Å². The highest BCUT2D eigenvalue weighted by atomic mass is 15.3. The highest BCUT2D eigenvalue weighted by Gasteiger charge is 2.03. The van der Waals surface area contributed by atoms with Crippen LogP contribution in [0.5, 0.6) is 0 Å². The van der Waals surface area contributed by atoms with E-state index >= 15 is 0 Å². The highest BCUT2D eigenvalue weighted by molar-refractivity contribution is 5.79. The summed E-state index contributed by atoms with van der Waals surface area (Å²) < 4.78 is 3.92. The van der Waals surface area contributed by atoms with Crippen molar-refractivity contribution in [3.05, 3.63) is 65.7 Å². The normalized spacial score (nSPS) is 11.6. The van der Waals surface area contributed by atoms with Gasteiger partial charge < -0.3 is 10.6 Å². The molecule has 0 amide bonds. The standard InChI is InChI=1S/C20H27N7/c1-16-12-17(2)26(25-16)11-7-10-22-20(21-3)23-13-18-14-24-27(15-18)19-8-5-4-6-9-19/h4-6,8-9,12,14-15H,7,10-11,13H2,1-3H3,(H2,21,22,23). The van der Waals surface area contributed by atoms with Gasteiger partial charge in [0.25, 0.3) is 0 Å². The van der Waals surface area contributed by atoms with E-state index in [2.05, 4.69) is 38.8 Å². The summed E-state index contributed by atoms with van der Waals surface area (Å²) >= 11 is 0. The minimum absolute atomic E-state index is 0.671. The molecule has 0 saturated carbocycles. The Balaban J connectivity index is 1.43. The Labute approximate surface area is 160 Å². The summed E-state index contributed by atoms with van der Waals surface area (Å²) in [6, 6.07) is 12.2. The molecule has 7 heteroatoms. The van der Waals surface area contributed by atoms with Gasteiger partial charge in [0.1, 0.15) is 0 Å². The molecule has 2 N–H and O–H groups in total. The summed E-state index contributed by atoms with van der Waals surface area (Å²) in [7, 11) is 1.78. The number of nitrogens with zero attached hydrogens (tertiary/aromatic N) is 5. The van der Waals surface area contributed by atoms with Crippen LogP contribution in [0.15, 0.2) is 53.8 Å². The number of benzene rings is 1. The Bertz CT molecular complexity index is 877. The van der Waals surface area contributed by atoms with Crippen LogP contribution in [-0.2, 0) is 13.1 Å². The van der Waals surface area contributed by atoms with Gasteiger partial charge in [-0.3, -0.25) is 9.67 Å². The molecule has 0 atom stereocenters. The Hall–Kier alpha value is -3.09. The second-order valence-electron chi connectivity index (χ2n) is 6.49. The molecule has 0 unspecified atom stereocenters. The Kier molecular flexibility index (Phi) is 6.25. The molecule has 0 fully saturated rings. The van der Waals surface area contributed by atoms with Crippen molar-refractivity contribution in [1.82, 2.24) is 30.2 Å². The largest absolute Gasteiger partial charge is 0.356 e. The lowest BCUT2D eigenvalue weighted by molar-refractivity contribution is 0.555. The number of guanidine groups is 1. The van der Waals surface area contributed by atoms with Crippen LogP contribution in [0.1, 0.15) is 23.4 Å². The van der Waals surface area contributed by atoms with Gasteiger partial charge in [-0.05, 0) is 38.5 Å². The first kappa shape index (κ1) is 18.7. The number of aliphatic imine (C=N–C) groups is 1. The molecule has 2 aromatic heterocycles. The molecular weight excluding hydrogens is 338 g/mol. The number of aryl methyl sites for hydroxylation is 3. The summed E-state index contributed by atoms with van der Waals surface area (Å²) in [6.07, 6.45) is 4.88. The Morgan fingerprint density at radius 3 is 2.67 bits per heavy atom. The van der Waals surface area contributed by atoms with E-state index in [1.54, 1.807) is 7.05 Å². The van der Waals surface area contributed by atoms with Gasteiger partial charge in [0.05, 0.1) is 17.6 Å². The first-order chi connectivity index (χ1) is 13.2. The van der Waals surface area contributed by atoms with E-state index in [0.29, 0.717) is 6.54 Å². The average Bonchev–Trinajstić information content (AvgIpc) is 3.28. The molecular formula is C20H27N7. The third-order valence-electron chi connectivity index (χ3n) is 4.28. The first-order valence-electron chi connectivity index (χ1n) is 9.20. The molecule has 0 radical (unpaired) electrons. The first-order valence-corrected chi connectivity index (χ1v) is 9.20. The van der Waals surface area contributed by atoms with Gasteiger partial charge in [0, 0.05) is 44.1 Å². The molecule has 3 aromatic rings. The zero-order valence-corrected chi connectivity index (χ0v) is 16.2. The fraction of sp³-hybridized carbons (Fsp3) is 0.350. The quantitative estimate of drug-likeness (QED) is 0.383. The minimum atomic E-state index is 0.671. The fourth-order valence-electron chi connectivity index (χ4n) is 2.92. The summed E-state index contributed by atoms with van der Waals surface area (Å²) in [5, 5.41) is 15.6. The predicted octanol–water partition coefficient (Wildman–Crippen LogP) is 2.44. The maximum absolute atomic E-state index is 4.48. The monoisotopic (exact) mass is 365 g/mol. The number of rotatable bonds is 7. The van der Waals surface area contributed by atoms with Crippen LogP contribution in [-0.4, -0.2) is 39.1 Å². The average molecular weight is 365 g/mol. The van der Waals surface area contributed by atoms with E-state index in [0.717, 1.165) is 42.4 Å². The summed E-state index contributed by atoms with van der Waals surface area (Å²) in [4.78, 5) is 4.28. The molecule has 7 nitrogen and oxygen atoms in total. The van der Waals surface area contributed by atoms with Gasteiger partial charge in [-0.15, -0.1) is 0 Å². The third-order valence-corrected chi connectivity index (χ3v) is 4.28. The van der Waals surface area contributed by atoms with Crippen molar-refractivity contribution in [2.24, 2.45) is 4.99 Å². The maximum atomic E-state index is 4.48. The highest BCUT2D eigenvalue weighted by Crippen LogP contribution is 2.07. The van der Waals surface area contributed by atoms with E-state index in [1.165, 1.54) is 5.69 Å². The molecule has 0 spiro atoms. The lowest BCUT2D eigenvalue weighted by atomic mass is 10.3. The van der Waals surface area contributed by atoms with Crippen LogP contribution < -0.4 is 10.6 Å². The Morgan fingerprint density at radius 1 is 1.15 bits per heavy atom. The molecule has 27 heavy (non-hydrogen) atoms. The van der Waals surface area contributed by atoms with Crippen molar-refractivity contribution < 1.29 is 0 Å². The van der Waals surface area contributed by atoms with Crippen LogP contribution in [0.25, 0.3) is 5.69 Å². The molecule has 1 aromatic carbocycles. The summed E-state index contributed by atoms with van der Waals surface area (Å²) in [6.45, 7) is 6.51. The van der Waals surface area contributed by atoms with Crippen LogP contribution in [0.4, 0.5) is 0 Å². The summed E-state index contributed by atoms with van der Waals surface area (Å²) in [5.41, 5.74) is 4.42. The molecule has 0 bridgehead atoms. The van der Waals surface area contributed by atoms with Gasteiger partial charge in [-0.1, -0.05) is 18.2 Å². The van der Waals surface area contributed by atoms with Crippen molar-refractivity contribution in [1.29, 1.82) is 0 Å². The van der Waals surface area contributed by atoms with Gasteiger partial charge in [0.15, 0.2) is 5.96 Å². The topological polar surface area (TPSA) is 72.1 Å². The van der Waals surface area contributed by atoms with Gasteiger partial charge >= 0.3 is 0 Å². The van der Waals surface area contributed by atoms with Crippen LogP contribution in [0, 0.1) is 13.8 Å². The van der Waals surface area contributed by atoms with Crippen LogP contribution >= 0.6 is 0 Å². The van der Waals surface area contributed by atoms with E-state index in [4.69, 9.17) is 0 Å². The van der Waals surface area contributed by atoms with E-state index in [1.807, 2.05) is 59.0 Å². The maximum Gasteiger partial charge on any atom is 0.191 e. The molecule has 142 valence electrons. The molecule has 0 aliphatic rings. The van der Waals surface area contributed by atoms with E-state index < -0.39 is 0 Å². The van der Waals surface area contributed by atoms with Crippen molar-refractivity contribution in [2.75, 3.05) is 13.6 Å². The SMILES string of the molecule is CN=C(NCCCn1nc(C)cc1C)NCc1cnn(-c2ccccc2)c1. The number of hydrogen-bond acceptors (Lipinski definition) is 3. The second-order valence-corrected chi connectivity index (χ2v) is 6.49. The smallest absolute Gasteiger partial charge is 0.191 e. The summed E-state index contributed by atoms with van der Waals surface area (Å²) in [5.74, 6) is 0.788. The second kappa shape index (κ2) is 9.02. The fourth-order valence-corrected chi connectivity index (χ4v) is 2.92. The van der Waals surface area contributed by atoms with Crippen LogP contribution in [0.3, 0.4) is 0 Å². The molecule has 0 aliphatic carbocycles. The van der Waals surface area contributed by atoms with Gasteiger partial charge in [-0.25, -0.2) is 4.68 Å². The lowest BCUT2D eigenvalue weighted by Crippen LogP contribution is -2.37. The zero-order valence-electron chi connectivity index (χ0n) is 16.2. The molecule has 3 rings (SSSR count). The Morgan fingerprint density at radius 2 is 1.96 bits per heavy atom. The molecule has 2 heterocycles. The van der Waals surface area contributed by atoms with Crippen molar-refractivity contribution in [3.63, 3.8) is 0 Å². The van der Waals surface area contributed by atoms with Crippen molar-refractivity contribution >= 4 is 5.96 Å². The molecule has 0 aliphatic heterocycles. The predicted molar refractivity (Wildman–Crippen MR) is 108 cm³/mol. The van der Waals surface area contributed by atoms with Crippen molar-refractivity contribution in [2.45, 2.75) is 33.4 Å². The van der Waals surface area contributed by atoms with Gasteiger partial charge in [0.2, 0.25) is 0 Å². The lowest BCUT2D eigenvalue weighted by Gasteiger charge is -2.11. The van der Waals surface area contributed by atoms with E-state index in [9.17, 15) is 0 Å². The molecule has 0 saturated heterocycles. The minimum Gasteiger partial charge on any atom is -0.356 e. The number of hydrogen-bond donors (Lipinski definition) is 2. The number of nitrogens with one attached hydrogen (secondary N) is 2. The number of aromatic nitrogens is 4. The van der Waals surface area contributed by atoms with Gasteiger partial charge in [-0.2, -0.15) is 10.2 Å². The van der Waals surface area contributed by atoms with E-state index in [-0.39, 0.29) is 0 Å². The number of para-hydroxylation sites is 1. The zero-order chi connectivity index (χ0) is 19.1. The van der Waals surface area contributed by atoms with Crippen molar-refractivity contribution in [3.8, 4) is 5.69 Å². The third kappa shape index (κ3) is 5.20.